The molecule has 1 saturated heterocycles. The van der Waals surface area contributed by atoms with Gasteiger partial charge in [-0.25, -0.2) is 0 Å². The summed E-state index contributed by atoms with van der Waals surface area (Å²) < 4.78 is 5.71. The number of anilines is 1. The lowest BCUT2D eigenvalue weighted by Crippen LogP contribution is -2.45. The van der Waals surface area contributed by atoms with Crippen molar-refractivity contribution in [1.82, 2.24) is 10.6 Å². The zero-order valence-corrected chi connectivity index (χ0v) is 15.4. The van der Waals surface area contributed by atoms with E-state index >= 15 is 0 Å². The van der Waals surface area contributed by atoms with Gasteiger partial charge in [0.2, 0.25) is 0 Å². The van der Waals surface area contributed by atoms with E-state index in [1.54, 1.807) is 0 Å². The van der Waals surface area contributed by atoms with Gasteiger partial charge >= 0.3 is 0 Å². The molecule has 1 atom stereocenters. The van der Waals surface area contributed by atoms with Crippen LogP contribution in [0.4, 0.5) is 5.69 Å². The maximum Gasteiger partial charge on any atom is 0.191 e. The van der Waals surface area contributed by atoms with Gasteiger partial charge < -0.3 is 20.3 Å². The summed E-state index contributed by atoms with van der Waals surface area (Å²) in [6.07, 6.45) is 1.11. The first-order chi connectivity index (χ1) is 12.8. The maximum absolute atomic E-state index is 5.71. The van der Waals surface area contributed by atoms with Crippen LogP contribution in [0.25, 0.3) is 0 Å². The summed E-state index contributed by atoms with van der Waals surface area (Å²) in [6.45, 7) is 4.09. The van der Waals surface area contributed by atoms with Crippen molar-refractivity contribution < 1.29 is 4.74 Å². The summed E-state index contributed by atoms with van der Waals surface area (Å²) in [7, 11) is 1.81. The Bertz CT molecular complexity index is 675. The Morgan fingerprint density at radius 1 is 1.12 bits per heavy atom. The van der Waals surface area contributed by atoms with E-state index in [-0.39, 0.29) is 0 Å². The maximum atomic E-state index is 5.71. The first-order valence-electron chi connectivity index (χ1n) is 9.24. The van der Waals surface area contributed by atoms with Gasteiger partial charge in [-0.05, 0) is 24.1 Å². The average Bonchev–Trinajstić information content (AvgIpc) is 3.17. The van der Waals surface area contributed by atoms with Gasteiger partial charge in [0, 0.05) is 38.4 Å². The smallest absolute Gasteiger partial charge is 0.191 e. The fourth-order valence-corrected chi connectivity index (χ4v) is 3.15. The van der Waals surface area contributed by atoms with E-state index < -0.39 is 0 Å². The molecule has 1 heterocycles. The minimum absolute atomic E-state index is 0.409. The van der Waals surface area contributed by atoms with Crippen LogP contribution in [0, 0.1) is 0 Å². The Morgan fingerprint density at radius 2 is 1.85 bits per heavy atom. The van der Waals surface area contributed by atoms with Crippen molar-refractivity contribution in [2.45, 2.75) is 19.1 Å². The molecule has 26 heavy (non-hydrogen) atoms. The molecule has 0 spiro atoms. The van der Waals surface area contributed by atoms with Crippen LogP contribution < -0.4 is 15.5 Å². The van der Waals surface area contributed by atoms with Crippen molar-refractivity contribution in [2.75, 3.05) is 38.2 Å². The summed E-state index contributed by atoms with van der Waals surface area (Å²) in [6, 6.07) is 21.2. The first kappa shape index (κ1) is 18.3. The molecule has 1 aliphatic rings. The number of hydrogen-bond donors (Lipinski definition) is 2. The fourth-order valence-electron chi connectivity index (χ4n) is 3.15. The Morgan fingerprint density at radius 3 is 2.58 bits per heavy atom. The number of nitrogens with zero attached hydrogens (tertiary/aromatic N) is 2. The van der Waals surface area contributed by atoms with Crippen molar-refractivity contribution >= 4 is 11.6 Å². The van der Waals surface area contributed by atoms with Crippen molar-refractivity contribution in [3.63, 3.8) is 0 Å². The van der Waals surface area contributed by atoms with Crippen LogP contribution >= 0.6 is 0 Å². The molecule has 1 unspecified atom stereocenters. The minimum Gasteiger partial charge on any atom is -0.375 e. The van der Waals surface area contributed by atoms with E-state index in [1.807, 2.05) is 25.2 Å². The van der Waals surface area contributed by atoms with E-state index in [1.165, 1.54) is 11.3 Å². The highest BCUT2D eigenvalue weighted by atomic mass is 16.5. The third kappa shape index (κ3) is 5.49. The van der Waals surface area contributed by atoms with Crippen molar-refractivity contribution in [3.05, 3.63) is 66.2 Å². The minimum atomic E-state index is 0.409. The molecule has 0 amide bonds. The van der Waals surface area contributed by atoms with Gasteiger partial charge in [-0.3, -0.25) is 4.99 Å². The molecule has 3 rings (SSSR count). The van der Waals surface area contributed by atoms with Crippen LogP contribution in [-0.4, -0.2) is 45.3 Å². The molecule has 138 valence electrons. The SMILES string of the molecule is CN=C(NCCOCc1ccccc1)NC1CCN(c2ccccc2)C1. The lowest BCUT2D eigenvalue weighted by molar-refractivity contribution is 0.125. The Labute approximate surface area is 156 Å². The number of nitrogens with one attached hydrogen (secondary N) is 2. The summed E-state index contributed by atoms with van der Waals surface area (Å²) in [5, 5.41) is 6.85. The molecule has 0 saturated carbocycles. The predicted octanol–water partition coefficient (Wildman–Crippen LogP) is 2.65. The zero-order chi connectivity index (χ0) is 18.0. The highest BCUT2D eigenvalue weighted by Crippen LogP contribution is 2.19. The van der Waals surface area contributed by atoms with E-state index in [4.69, 9.17) is 4.74 Å². The standard InChI is InChI=1S/C21H28N4O/c1-22-21(23-13-15-26-17-18-8-4-2-5-9-18)24-19-12-14-25(16-19)20-10-6-3-7-11-20/h2-11,19H,12-17H2,1H3,(H2,22,23,24). The van der Waals surface area contributed by atoms with Gasteiger partial charge in [-0.15, -0.1) is 0 Å². The Hall–Kier alpha value is -2.53. The third-order valence-electron chi connectivity index (χ3n) is 4.52. The summed E-state index contributed by atoms with van der Waals surface area (Å²) >= 11 is 0. The van der Waals surface area contributed by atoms with Crippen LogP contribution in [-0.2, 0) is 11.3 Å². The number of rotatable bonds is 7. The quantitative estimate of drug-likeness (QED) is 0.457. The molecule has 2 N–H and O–H groups in total. The molecule has 1 aliphatic heterocycles. The number of para-hydroxylation sites is 1. The van der Waals surface area contributed by atoms with Crippen LogP contribution in [0.3, 0.4) is 0 Å². The summed E-state index contributed by atoms with van der Waals surface area (Å²) in [5.74, 6) is 0.841. The van der Waals surface area contributed by atoms with Gasteiger partial charge in [0.15, 0.2) is 5.96 Å². The Balaban J connectivity index is 1.35. The summed E-state index contributed by atoms with van der Waals surface area (Å²) in [5.41, 5.74) is 2.48. The van der Waals surface area contributed by atoms with Crippen LogP contribution in [0.5, 0.6) is 0 Å². The molecule has 5 heteroatoms. The van der Waals surface area contributed by atoms with Crippen molar-refractivity contribution in [1.29, 1.82) is 0 Å². The monoisotopic (exact) mass is 352 g/mol. The van der Waals surface area contributed by atoms with Crippen LogP contribution in [0.1, 0.15) is 12.0 Å². The number of ether oxygens (including phenoxy) is 1. The molecular formula is C21H28N4O. The molecule has 2 aromatic carbocycles. The van der Waals surface area contributed by atoms with Crippen LogP contribution in [0.2, 0.25) is 0 Å². The number of hydrogen-bond acceptors (Lipinski definition) is 3. The number of guanidine groups is 1. The van der Waals surface area contributed by atoms with Gasteiger partial charge in [-0.1, -0.05) is 48.5 Å². The highest BCUT2D eigenvalue weighted by Gasteiger charge is 2.23. The van der Waals surface area contributed by atoms with E-state index in [9.17, 15) is 0 Å². The van der Waals surface area contributed by atoms with E-state index in [0.717, 1.165) is 32.0 Å². The number of aliphatic imine (C=N–C) groups is 1. The normalized spacial score (nSPS) is 17.3. The molecule has 5 nitrogen and oxygen atoms in total. The highest BCUT2D eigenvalue weighted by molar-refractivity contribution is 5.80. The van der Waals surface area contributed by atoms with Gasteiger partial charge in [0.1, 0.15) is 0 Å². The lowest BCUT2D eigenvalue weighted by atomic mass is 10.2. The second-order valence-corrected chi connectivity index (χ2v) is 6.45. The second kappa shape index (κ2) is 9.82. The fraction of sp³-hybridized carbons (Fsp3) is 0.381. The molecule has 0 radical (unpaired) electrons. The topological polar surface area (TPSA) is 48.9 Å². The number of benzene rings is 2. The second-order valence-electron chi connectivity index (χ2n) is 6.45. The Kier molecular flexibility index (Phi) is 6.90. The van der Waals surface area contributed by atoms with Crippen molar-refractivity contribution in [3.8, 4) is 0 Å². The van der Waals surface area contributed by atoms with Gasteiger partial charge in [0.05, 0.1) is 13.2 Å². The largest absolute Gasteiger partial charge is 0.375 e. The molecule has 1 fully saturated rings. The molecule has 0 bridgehead atoms. The first-order valence-corrected chi connectivity index (χ1v) is 9.24. The lowest BCUT2D eigenvalue weighted by Gasteiger charge is -2.20. The van der Waals surface area contributed by atoms with Gasteiger partial charge in [-0.2, -0.15) is 0 Å². The predicted molar refractivity (Wildman–Crippen MR) is 108 cm³/mol. The average molecular weight is 352 g/mol. The molecular weight excluding hydrogens is 324 g/mol. The molecule has 0 aromatic heterocycles. The van der Waals surface area contributed by atoms with Crippen molar-refractivity contribution in [2.24, 2.45) is 4.99 Å². The third-order valence-corrected chi connectivity index (χ3v) is 4.52. The van der Waals surface area contributed by atoms with E-state index in [0.29, 0.717) is 19.3 Å². The van der Waals surface area contributed by atoms with E-state index in [2.05, 4.69) is 63.0 Å². The zero-order valence-electron chi connectivity index (χ0n) is 15.4. The molecule has 0 aliphatic carbocycles. The summed E-state index contributed by atoms with van der Waals surface area (Å²) in [4.78, 5) is 6.74. The van der Waals surface area contributed by atoms with Gasteiger partial charge in [0.25, 0.3) is 0 Å². The molecule has 2 aromatic rings. The van der Waals surface area contributed by atoms with Crippen LogP contribution in [0.15, 0.2) is 65.7 Å².